The monoisotopic (exact) mass is 163 g/mol. The topological polar surface area (TPSA) is 12.0 Å². The molecular formula is C11H17N. The Labute approximate surface area is 74.5 Å². The third kappa shape index (κ3) is 1.71. The molecule has 0 bridgehead atoms. The Morgan fingerprint density at radius 3 is 3.08 bits per heavy atom. The number of nitrogens with one attached hydrogen (secondary N) is 1. The molecule has 0 aromatic heterocycles. The van der Waals surface area contributed by atoms with Gasteiger partial charge in [0.25, 0.3) is 0 Å². The van der Waals surface area contributed by atoms with Gasteiger partial charge in [0.05, 0.1) is 0 Å². The van der Waals surface area contributed by atoms with E-state index in [0.29, 0.717) is 0 Å². The maximum atomic E-state index is 3.19. The van der Waals surface area contributed by atoms with Crippen LogP contribution in [0, 0.1) is 5.92 Å². The molecule has 2 aliphatic rings. The molecule has 12 heavy (non-hydrogen) atoms. The lowest BCUT2D eigenvalue weighted by molar-refractivity contribution is 0.507. The Kier molecular flexibility index (Phi) is 2.50. The smallest absolute Gasteiger partial charge is 0.00114 e. The van der Waals surface area contributed by atoms with Gasteiger partial charge < -0.3 is 5.32 Å². The number of allylic oxidation sites excluding steroid dienone is 2. The van der Waals surface area contributed by atoms with Crippen molar-refractivity contribution in [3.8, 4) is 0 Å². The zero-order chi connectivity index (χ0) is 8.23. The van der Waals surface area contributed by atoms with Crippen LogP contribution in [0.3, 0.4) is 0 Å². The van der Waals surface area contributed by atoms with Crippen molar-refractivity contribution >= 4 is 0 Å². The lowest BCUT2D eigenvalue weighted by atomic mass is 9.86. The standard InChI is InChI=1S/C11H17N/c1-2-4-6-11-9-12-8-7-10(11)5-3-1/h7-10,12H,1-6H2. The summed E-state index contributed by atoms with van der Waals surface area (Å²) in [7, 11) is 0. The molecule has 0 amide bonds. The normalized spacial score (nSPS) is 29.3. The molecule has 0 radical (unpaired) electrons. The number of rotatable bonds is 0. The molecule has 1 heterocycles. The van der Waals surface area contributed by atoms with Crippen molar-refractivity contribution < 1.29 is 0 Å². The molecule has 1 atom stereocenters. The number of hydrogen-bond donors (Lipinski definition) is 1. The minimum atomic E-state index is 0.756. The van der Waals surface area contributed by atoms with Crippen LogP contribution in [0.25, 0.3) is 0 Å². The fourth-order valence-corrected chi connectivity index (χ4v) is 2.14. The van der Waals surface area contributed by atoms with E-state index in [1.807, 2.05) is 0 Å². The lowest BCUT2D eigenvalue weighted by Gasteiger charge is -2.22. The molecule has 1 aliphatic heterocycles. The Morgan fingerprint density at radius 1 is 1.17 bits per heavy atom. The molecule has 1 N–H and O–H groups in total. The van der Waals surface area contributed by atoms with Crippen LogP contribution in [0.4, 0.5) is 0 Å². The molecule has 1 unspecified atom stereocenters. The van der Waals surface area contributed by atoms with Crippen molar-refractivity contribution in [2.75, 3.05) is 0 Å². The van der Waals surface area contributed by atoms with Gasteiger partial charge in [0.2, 0.25) is 0 Å². The Morgan fingerprint density at radius 2 is 2.08 bits per heavy atom. The van der Waals surface area contributed by atoms with E-state index in [1.54, 1.807) is 5.57 Å². The quantitative estimate of drug-likeness (QED) is 0.579. The summed E-state index contributed by atoms with van der Waals surface area (Å²) in [4.78, 5) is 0. The molecule has 0 aromatic carbocycles. The third-order valence-electron chi connectivity index (χ3n) is 2.90. The predicted octanol–water partition coefficient (Wildman–Crippen LogP) is 2.96. The maximum absolute atomic E-state index is 3.19. The summed E-state index contributed by atoms with van der Waals surface area (Å²) < 4.78 is 0. The first kappa shape index (κ1) is 7.90. The summed E-state index contributed by atoms with van der Waals surface area (Å²) in [5.41, 5.74) is 1.62. The molecule has 1 saturated carbocycles. The third-order valence-corrected chi connectivity index (χ3v) is 2.90. The van der Waals surface area contributed by atoms with E-state index in [4.69, 9.17) is 0 Å². The zero-order valence-corrected chi connectivity index (χ0v) is 7.55. The minimum absolute atomic E-state index is 0.756. The van der Waals surface area contributed by atoms with E-state index in [1.165, 1.54) is 38.5 Å². The van der Waals surface area contributed by atoms with Gasteiger partial charge in [0.1, 0.15) is 0 Å². The summed E-state index contributed by atoms with van der Waals surface area (Å²) in [6.45, 7) is 0. The van der Waals surface area contributed by atoms with E-state index >= 15 is 0 Å². The highest BCUT2D eigenvalue weighted by Crippen LogP contribution is 2.28. The summed E-state index contributed by atoms with van der Waals surface area (Å²) in [5, 5.41) is 3.19. The Hall–Kier alpha value is -0.720. The molecule has 66 valence electrons. The molecule has 0 saturated heterocycles. The Bertz CT molecular complexity index is 203. The van der Waals surface area contributed by atoms with Crippen LogP contribution in [0.5, 0.6) is 0 Å². The van der Waals surface area contributed by atoms with Gasteiger partial charge in [-0.1, -0.05) is 25.3 Å². The molecular weight excluding hydrogens is 146 g/mol. The summed E-state index contributed by atoms with van der Waals surface area (Å²) in [6, 6.07) is 0. The molecule has 1 fully saturated rings. The fraction of sp³-hybridized carbons (Fsp3) is 0.636. The first-order chi connectivity index (χ1) is 5.97. The van der Waals surface area contributed by atoms with E-state index in [-0.39, 0.29) is 0 Å². The minimum Gasteiger partial charge on any atom is -0.368 e. The summed E-state index contributed by atoms with van der Waals surface area (Å²) in [6.07, 6.45) is 14.9. The first-order valence-electron chi connectivity index (χ1n) is 5.08. The summed E-state index contributed by atoms with van der Waals surface area (Å²) in [5.74, 6) is 0.756. The molecule has 1 heteroatoms. The van der Waals surface area contributed by atoms with E-state index in [2.05, 4.69) is 23.8 Å². The van der Waals surface area contributed by atoms with Crippen molar-refractivity contribution in [2.24, 2.45) is 5.92 Å². The van der Waals surface area contributed by atoms with Gasteiger partial charge in [0.15, 0.2) is 0 Å². The van der Waals surface area contributed by atoms with Crippen LogP contribution in [0.2, 0.25) is 0 Å². The predicted molar refractivity (Wildman–Crippen MR) is 51.6 cm³/mol. The van der Waals surface area contributed by atoms with Gasteiger partial charge in [-0.3, -0.25) is 0 Å². The largest absolute Gasteiger partial charge is 0.368 e. The molecule has 0 spiro atoms. The van der Waals surface area contributed by atoms with E-state index in [0.717, 1.165) is 5.92 Å². The highest BCUT2D eigenvalue weighted by atomic mass is 14.8. The van der Waals surface area contributed by atoms with Gasteiger partial charge in [0, 0.05) is 12.1 Å². The second-order valence-electron chi connectivity index (χ2n) is 3.80. The first-order valence-corrected chi connectivity index (χ1v) is 5.08. The van der Waals surface area contributed by atoms with Crippen LogP contribution in [-0.2, 0) is 0 Å². The highest BCUT2D eigenvalue weighted by molar-refractivity contribution is 5.18. The van der Waals surface area contributed by atoms with E-state index < -0.39 is 0 Å². The van der Waals surface area contributed by atoms with Crippen LogP contribution >= 0.6 is 0 Å². The second-order valence-corrected chi connectivity index (χ2v) is 3.80. The van der Waals surface area contributed by atoms with Gasteiger partial charge in [-0.05, 0) is 31.0 Å². The zero-order valence-electron chi connectivity index (χ0n) is 7.55. The van der Waals surface area contributed by atoms with Crippen molar-refractivity contribution in [2.45, 2.75) is 38.5 Å². The van der Waals surface area contributed by atoms with Crippen LogP contribution in [-0.4, -0.2) is 0 Å². The van der Waals surface area contributed by atoms with Crippen LogP contribution < -0.4 is 5.32 Å². The van der Waals surface area contributed by atoms with Gasteiger partial charge in [-0.15, -0.1) is 0 Å². The molecule has 1 nitrogen and oxygen atoms in total. The highest BCUT2D eigenvalue weighted by Gasteiger charge is 2.14. The maximum Gasteiger partial charge on any atom is 0.00114 e. The van der Waals surface area contributed by atoms with Crippen molar-refractivity contribution in [1.29, 1.82) is 0 Å². The number of dihydropyridines is 1. The SMILES string of the molecule is C1=CC2CCCCCCC2=CN1. The van der Waals surface area contributed by atoms with Gasteiger partial charge in [-0.25, -0.2) is 0 Å². The number of hydrogen-bond acceptors (Lipinski definition) is 1. The molecule has 2 rings (SSSR count). The van der Waals surface area contributed by atoms with E-state index in [9.17, 15) is 0 Å². The van der Waals surface area contributed by atoms with Gasteiger partial charge >= 0.3 is 0 Å². The van der Waals surface area contributed by atoms with Gasteiger partial charge in [-0.2, -0.15) is 0 Å². The molecule has 1 aliphatic carbocycles. The summed E-state index contributed by atoms with van der Waals surface area (Å²) >= 11 is 0. The average molecular weight is 163 g/mol. The van der Waals surface area contributed by atoms with Crippen molar-refractivity contribution in [3.05, 3.63) is 24.0 Å². The van der Waals surface area contributed by atoms with Crippen LogP contribution in [0.15, 0.2) is 24.0 Å². The lowest BCUT2D eigenvalue weighted by Crippen LogP contribution is -2.12. The van der Waals surface area contributed by atoms with Crippen molar-refractivity contribution in [1.82, 2.24) is 5.32 Å². The average Bonchev–Trinajstić information content (AvgIpc) is 2.06. The molecule has 0 aromatic rings. The van der Waals surface area contributed by atoms with Crippen molar-refractivity contribution in [3.63, 3.8) is 0 Å². The fourth-order valence-electron chi connectivity index (χ4n) is 2.14. The number of fused-ring (bicyclic) bond motifs is 1. The Balaban J connectivity index is 2.03. The second kappa shape index (κ2) is 3.79. The van der Waals surface area contributed by atoms with Crippen LogP contribution in [0.1, 0.15) is 38.5 Å².